The Hall–Kier alpha value is -0.770. The van der Waals surface area contributed by atoms with E-state index >= 15 is 0 Å². The molecule has 0 N–H and O–H groups in total. The number of likely N-dealkylation sites (tertiary alicyclic amines) is 2. The van der Waals surface area contributed by atoms with E-state index in [4.69, 9.17) is 4.74 Å². The number of hydrogen-bond acceptors (Lipinski definition) is 3. The number of ether oxygens (including phenoxy) is 1. The maximum atomic E-state index is 12.1. The minimum absolute atomic E-state index is 0.141. The monoisotopic (exact) mass is 268 g/mol. The molecule has 2 rings (SSSR count). The van der Waals surface area contributed by atoms with Crippen molar-refractivity contribution in [2.75, 3.05) is 26.7 Å². The van der Waals surface area contributed by atoms with Gasteiger partial charge in [-0.15, -0.1) is 0 Å². The van der Waals surface area contributed by atoms with Crippen LogP contribution in [0, 0.1) is 5.92 Å². The minimum Gasteiger partial charge on any atom is -0.444 e. The van der Waals surface area contributed by atoms with Crippen molar-refractivity contribution in [3.63, 3.8) is 0 Å². The van der Waals surface area contributed by atoms with Crippen LogP contribution >= 0.6 is 0 Å². The van der Waals surface area contributed by atoms with Gasteiger partial charge >= 0.3 is 6.09 Å². The fourth-order valence-electron chi connectivity index (χ4n) is 3.35. The highest BCUT2D eigenvalue weighted by molar-refractivity contribution is 5.68. The molecule has 0 spiro atoms. The summed E-state index contributed by atoms with van der Waals surface area (Å²) in [6.45, 7) is 8.70. The Morgan fingerprint density at radius 3 is 2.42 bits per heavy atom. The van der Waals surface area contributed by atoms with Crippen LogP contribution in [0.5, 0.6) is 0 Å². The first-order valence-corrected chi connectivity index (χ1v) is 7.55. The lowest BCUT2D eigenvalue weighted by Gasteiger charge is -2.38. The van der Waals surface area contributed by atoms with Gasteiger partial charge in [0.1, 0.15) is 5.60 Å². The Morgan fingerprint density at radius 1 is 1.16 bits per heavy atom. The molecule has 2 fully saturated rings. The van der Waals surface area contributed by atoms with E-state index in [0.29, 0.717) is 12.0 Å². The van der Waals surface area contributed by atoms with Crippen molar-refractivity contribution in [1.29, 1.82) is 0 Å². The van der Waals surface area contributed by atoms with Gasteiger partial charge in [0.25, 0.3) is 0 Å². The molecule has 1 amide bonds. The molecule has 2 aliphatic rings. The molecule has 19 heavy (non-hydrogen) atoms. The van der Waals surface area contributed by atoms with Crippen molar-refractivity contribution >= 4 is 6.09 Å². The zero-order valence-electron chi connectivity index (χ0n) is 12.8. The quantitative estimate of drug-likeness (QED) is 0.733. The summed E-state index contributed by atoms with van der Waals surface area (Å²) in [5.74, 6) is 0.619. The SMILES string of the molecule is CN1CCC[C@H]1[C@@H]1CCCN(C(=O)OC(C)(C)C)C1. The Bertz CT molecular complexity index is 325. The first-order chi connectivity index (χ1) is 8.87. The number of hydrogen-bond donors (Lipinski definition) is 0. The molecular formula is C15H28N2O2. The maximum absolute atomic E-state index is 12.1. The van der Waals surface area contributed by atoms with E-state index in [0.717, 1.165) is 19.5 Å². The van der Waals surface area contributed by atoms with Gasteiger partial charge in [0.2, 0.25) is 0 Å². The summed E-state index contributed by atoms with van der Waals surface area (Å²) in [6.07, 6.45) is 4.79. The third kappa shape index (κ3) is 3.85. The van der Waals surface area contributed by atoms with Gasteiger partial charge < -0.3 is 14.5 Å². The normalized spacial score (nSPS) is 29.6. The minimum atomic E-state index is -0.395. The van der Waals surface area contributed by atoms with Gasteiger partial charge in [0.05, 0.1) is 0 Å². The molecule has 110 valence electrons. The second kappa shape index (κ2) is 5.70. The number of carbonyl (C=O) groups excluding carboxylic acids is 1. The highest BCUT2D eigenvalue weighted by Crippen LogP contribution is 2.29. The Balaban J connectivity index is 1.91. The van der Waals surface area contributed by atoms with Crippen LogP contribution in [-0.4, -0.2) is 54.2 Å². The highest BCUT2D eigenvalue weighted by atomic mass is 16.6. The molecule has 0 bridgehead atoms. The molecule has 0 radical (unpaired) electrons. The molecule has 2 aliphatic heterocycles. The Morgan fingerprint density at radius 2 is 1.84 bits per heavy atom. The first kappa shape index (κ1) is 14.6. The third-order valence-electron chi connectivity index (χ3n) is 4.23. The van der Waals surface area contributed by atoms with Gasteiger partial charge in [-0.3, -0.25) is 0 Å². The van der Waals surface area contributed by atoms with Gasteiger partial charge in [-0.05, 0) is 66.0 Å². The van der Waals surface area contributed by atoms with Crippen molar-refractivity contribution in [2.24, 2.45) is 5.92 Å². The van der Waals surface area contributed by atoms with Crippen molar-refractivity contribution in [2.45, 2.75) is 58.1 Å². The van der Waals surface area contributed by atoms with Crippen LogP contribution in [0.15, 0.2) is 0 Å². The number of piperidine rings is 1. The highest BCUT2D eigenvalue weighted by Gasteiger charge is 2.34. The number of carbonyl (C=O) groups is 1. The van der Waals surface area contributed by atoms with Gasteiger partial charge in [-0.1, -0.05) is 0 Å². The Kier molecular flexibility index (Phi) is 4.39. The maximum Gasteiger partial charge on any atom is 0.410 e. The summed E-state index contributed by atoms with van der Waals surface area (Å²) in [5.41, 5.74) is -0.395. The molecule has 2 atom stereocenters. The number of amides is 1. The van der Waals surface area contributed by atoms with E-state index in [9.17, 15) is 4.79 Å². The van der Waals surface area contributed by atoms with Crippen LogP contribution in [0.2, 0.25) is 0 Å². The van der Waals surface area contributed by atoms with Gasteiger partial charge in [0, 0.05) is 19.1 Å². The zero-order chi connectivity index (χ0) is 14.0. The topological polar surface area (TPSA) is 32.8 Å². The lowest BCUT2D eigenvalue weighted by Crippen LogP contribution is -2.47. The molecule has 2 saturated heterocycles. The van der Waals surface area contributed by atoms with Crippen LogP contribution in [0.1, 0.15) is 46.5 Å². The Labute approximate surface area is 117 Å². The predicted molar refractivity (Wildman–Crippen MR) is 76.2 cm³/mol. The van der Waals surface area contributed by atoms with Crippen LogP contribution in [0.25, 0.3) is 0 Å². The fourth-order valence-corrected chi connectivity index (χ4v) is 3.35. The summed E-state index contributed by atoms with van der Waals surface area (Å²) >= 11 is 0. The predicted octanol–water partition coefficient (Wildman–Crippen LogP) is 2.73. The molecule has 0 aromatic rings. The van der Waals surface area contributed by atoms with Gasteiger partial charge in [-0.25, -0.2) is 4.79 Å². The summed E-state index contributed by atoms with van der Waals surface area (Å²) in [5, 5.41) is 0. The molecule has 0 aromatic carbocycles. The lowest BCUT2D eigenvalue weighted by molar-refractivity contribution is 0.0119. The standard InChI is InChI=1S/C15H28N2O2/c1-15(2,3)19-14(18)17-10-5-7-12(11-17)13-8-6-9-16(13)4/h12-13H,5-11H2,1-4H3/t12-,13+/m1/s1. The molecule has 4 nitrogen and oxygen atoms in total. The molecule has 0 aromatic heterocycles. The zero-order valence-corrected chi connectivity index (χ0v) is 12.8. The molecule has 2 heterocycles. The summed E-state index contributed by atoms with van der Waals surface area (Å²) < 4.78 is 5.49. The second-order valence-electron chi connectivity index (χ2n) is 7.02. The number of nitrogens with zero attached hydrogens (tertiary/aromatic N) is 2. The van der Waals surface area contributed by atoms with E-state index in [-0.39, 0.29) is 6.09 Å². The van der Waals surface area contributed by atoms with Crippen molar-refractivity contribution in [3.8, 4) is 0 Å². The average Bonchev–Trinajstić information content (AvgIpc) is 2.73. The second-order valence-corrected chi connectivity index (χ2v) is 7.02. The molecule has 0 unspecified atom stereocenters. The van der Waals surface area contributed by atoms with Crippen LogP contribution < -0.4 is 0 Å². The van der Waals surface area contributed by atoms with Gasteiger partial charge in [-0.2, -0.15) is 0 Å². The largest absolute Gasteiger partial charge is 0.444 e. The van der Waals surface area contributed by atoms with Crippen molar-refractivity contribution in [3.05, 3.63) is 0 Å². The van der Waals surface area contributed by atoms with Crippen LogP contribution in [-0.2, 0) is 4.74 Å². The first-order valence-electron chi connectivity index (χ1n) is 7.55. The van der Waals surface area contributed by atoms with Crippen molar-refractivity contribution < 1.29 is 9.53 Å². The summed E-state index contributed by atoms with van der Waals surface area (Å²) in [4.78, 5) is 16.5. The molecule has 0 aliphatic carbocycles. The van der Waals surface area contributed by atoms with Crippen molar-refractivity contribution in [1.82, 2.24) is 9.80 Å². The van der Waals surface area contributed by atoms with E-state index in [1.54, 1.807) is 0 Å². The van der Waals surface area contributed by atoms with E-state index in [2.05, 4.69) is 11.9 Å². The fraction of sp³-hybridized carbons (Fsp3) is 0.933. The van der Waals surface area contributed by atoms with E-state index in [1.807, 2.05) is 25.7 Å². The molecule has 4 heteroatoms. The molecular weight excluding hydrogens is 240 g/mol. The van der Waals surface area contributed by atoms with Gasteiger partial charge in [0.15, 0.2) is 0 Å². The number of rotatable bonds is 1. The summed E-state index contributed by atoms with van der Waals surface area (Å²) in [6, 6.07) is 0.658. The van der Waals surface area contributed by atoms with E-state index in [1.165, 1.54) is 25.8 Å². The molecule has 0 saturated carbocycles. The summed E-state index contributed by atoms with van der Waals surface area (Å²) in [7, 11) is 2.21. The van der Waals surface area contributed by atoms with Crippen LogP contribution in [0.4, 0.5) is 4.79 Å². The lowest BCUT2D eigenvalue weighted by atomic mass is 9.89. The van der Waals surface area contributed by atoms with E-state index < -0.39 is 5.60 Å². The van der Waals surface area contributed by atoms with Crippen LogP contribution in [0.3, 0.4) is 0 Å². The third-order valence-corrected chi connectivity index (χ3v) is 4.23. The average molecular weight is 268 g/mol. The smallest absolute Gasteiger partial charge is 0.410 e.